The van der Waals surface area contributed by atoms with Gasteiger partial charge in [-0.15, -0.1) is 0 Å². The Morgan fingerprint density at radius 2 is 1.79 bits per heavy atom. The SMILES string of the molecule is CCCCOc1ccccc1[C@@H]1C(C(=O)OC)=C(C)NC2=C1C(=O)C[C@@H](c1ccccc1)C2. The van der Waals surface area contributed by atoms with Gasteiger partial charge in [0.05, 0.1) is 25.2 Å². The molecule has 2 aromatic carbocycles. The summed E-state index contributed by atoms with van der Waals surface area (Å²) in [6.45, 7) is 4.58. The van der Waals surface area contributed by atoms with Crippen LogP contribution in [0.4, 0.5) is 0 Å². The minimum atomic E-state index is -0.518. The number of carbonyl (C=O) groups excluding carboxylic acids is 2. The number of Topliss-reactive ketones (excluding diaryl/α,β-unsaturated/α-hetero) is 1. The quantitative estimate of drug-likeness (QED) is 0.457. The molecule has 0 bridgehead atoms. The van der Waals surface area contributed by atoms with Crippen LogP contribution in [-0.4, -0.2) is 25.5 Å². The van der Waals surface area contributed by atoms with Gasteiger partial charge in [0.2, 0.25) is 0 Å². The Hall–Kier alpha value is -3.34. The van der Waals surface area contributed by atoms with E-state index in [4.69, 9.17) is 9.47 Å². The van der Waals surface area contributed by atoms with Gasteiger partial charge in [-0.25, -0.2) is 4.79 Å². The van der Waals surface area contributed by atoms with Crippen LogP contribution in [0.3, 0.4) is 0 Å². The second-order valence-electron chi connectivity index (χ2n) is 8.66. The summed E-state index contributed by atoms with van der Waals surface area (Å²) in [6.07, 6.45) is 3.08. The van der Waals surface area contributed by atoms with Crippen molar-refractivity contribution in [2.24, 2.45) is 0 Å². The van der Waals surface area contributed by atoms with Crippen LogP contribution in [0.2, 0.25) is 0 Å². The number of dihydropyridines is 1. The number of hydrogen-bond acceptors (Lipinski definition) is 5. The van der Waals surface area contributed by atoms with Crippen molar-refractivity contribution in [1.29, 1.82) is 0 Å². The fourth-order valence-corrected chi connectivity index (χ4v) is 4.87. The molecule has 0 spiro atoms. The van der Waals surface area contributed by atoms with Crippen molar-refractivity contribution in [2.75, 3.05) is 13.7 Å². The minimum Gasteiger partial charge on any atom is -0.493 e. The van der Waals surface area contributed by atoms with E-state index in [0.29, 0.717) is 36.3 Å². The van der Waals surface area contributed by atoms with Crippen molar-refractivity contribution in [3.05, 3.63) is 88.3 Å². The molecule has 0 radical (unpaired) electrons. The molecule has 1 aliphatic carbocycles. The van der Waals surface area contributed by atoms with Crippen molar-refractivity contribution >= 4 is 11.8 Å². The van der Waals surface area contributed by atoms with E-state index in [0.717, 1.165) is 35.4 Å². The maximum absolute atomic E-state index is 13.6. The van der Waals surface area contributed by atoms with Crippen molar-refractivity contribution in [3.8, 4) is 5.75 Å². The first kappa shape index (κ1) is 22.8. The van der Waals surface area contributed by atoms with E-state index >= 15 is 0 Å². The molecular formula is C28H31NO4. The Labute approximate surface area is 195 Å². The maximum Gasteiger partial charge on any atom is 0.336 e. The van der Waals surface area contributed by atoms with Crippen LogP contribution < -0.4 is 10.1 Å². The molecule has 0 unspecified atom stereocenters. The lowest BCUT2D eigenvalue weighted by molar-refractivity contribution is -0.136. The van der Waals surface area contributed by atoms with Gasteiger partial charge in [-0.05, 0) is 37.3 Å². The molecule has 0 fully saturated rings. The van der Waals surface area contributed by atoms with Gasteiger partial charge in [-0.1, -0.05) is 61.9 Å². The van der Waals surface area contributed by atoms with Crippen LogP contribution in [0.1, 0.15) is 62.5 Å². The number of nitrogens with one attached hydrogen (secondary N) is 1. The number of methoxy groups -OCH3 is 1. The molecule has 172 valence electrons. The number of para-hydroxylation sites is 1. The summed E-state index contributed by atoms with van der Waals surface area (Å²) >= 11 is 0. The summed E-state index contributed by atoms with van der Waals surface area (Å²) in [4.78, 5) is 26.5. The molecule has 5 heteroatoms. The fourth-order valence-electron chi connectivity index (χ4n) is 4.87. The van der Waals surface area contributed by atoms with Crippen LogP contribution in [0, 0.1) is 0 Å². The smallest absolute Gasteiger partial charge is 0.336 e. The van der Waals surface area contributed by atoms with E-state index in [1.54, 1.807) is 0 Å². The number of esters is 1. The highest BCUT2D eigenvalue weighted by molar-refractivity contribution is 6.04. The molecule has 2 atom stereocenters. The zero-order valence-electron chi connectivity index (χ0n) is 19.5. The van der Waals surface area contributed by atoms with E-state index < -0.39 is 11.9 Å². The summed E-state index contributed by atoms with van der Waals surface area (Å²) in [7, 11) is 1.38. The van der Waals surface area contributed by atoms with Crippen LogP contribution in [0.5, 0.6) is 5.75 Å². The normalized spacial score (nSPS) is 20.3. The van der Waals surface area contributed by atoms with Crippen LogP contribution >= 0.6 is 0 Å². The molecule has 0 amide bonds. The summed E-state index contributed by atoms with van der Waals surface area (Å²) in [5.41, 5.74) is 4.71. The van der Waals surface area contributed by atoms with Gasteiger partial charge < -0.3 is 14.8 Å². The van der Waals surface area contributed by atoms with Crippen molar-refractivity contribution in [1.82, 2.24) is 5.32 Å². The first-order valence-electron chi connectivity index (χ1n) is 11.6. The summed E-state index contributed by atoms with van der Waals surface area (Å²) in [5, 5.41) is 3.38. The molecule has 1 N–H and O–H groups in total. The van der Waals surface area contributed by atoms with Crippen molar-refractivity contribution in [2.45, 2.75) is 51.4 Å². The third-order valence-electron chi connectivity index (χ3n) is 6.49. The predicted octanol–water partition coefficient (Wildman–Crippen LogP) is 5.40. The number of carbonyl (C=O) groups is 2. The van der Waals surface area contributed by atoms with E-state index in [1.807, 2.05) is 49.4 Å². The molecule has 1 aliphatic heterocycles. The third kappa shape index (κ3) is 4.58. The second kappa shape index (κ2) is 10.1. The third-order valence-corrected chi connectivity index (χ3v) is 6.49. The highest BCUT2D eigenvalue weighted by Crippen LogP contribution is 2.47. The number of allylic oxidation sites excluding steroid dienone is 3. The van der Waals surface area contributed by atoms with Gasteiger partial charge >= 0.3 is 5.97 Å². The van der Waals surface area contributed by atoms with Gasteiger partial charge in [-0.2, -0.15) is 0 Å². The highest BCUT2D eigenvalue weighted by Gasteiger charge is 2.42. The van der Waals surface area contributed by atoms with Crippen molar-refractivity contribution in [3.63, 3.8) is 0 Å². The highest BCUT2D eigenvalue weighted by atomic mass is 16.5. The van der Waals surface area contributed by atoms with Crippen LogP contribution in [0.15, 0.2) is 77.1 Å². The number of ether oxygens (including phenoxy) is 2. The number of ketones is 1. The Kier molecular flexibility index (Phi) is 6.97. The van der Waals surface area contributed by atoms with E-state index in [2.05, 4.69) is 24.4 Å². The Bertz CT molecular complexity index is 1100. The number of hydrogen-bond donors (Lipinski definition) is 1. The first-order chi connectivity index (χ1) is 16.0. The molecule has 0 aromatic heterocycles. The average molecular weight is 446 g/mol. The Balaban J connectivity index is 1.80. The van der Waals surface area contributed by atoms with Gasteiger partial charge in [0.1, 0.15) is 5.75 Å². The van der Waals surface area contributed by atoms with Crippen LogP contribution in [0.25, 0.3) is 0 Å². The summed E-state index contributed by atoms with van der Waals surface area (Å²) in [6, 6.07) is 17.9. The van der Waals surface area contributed by atoms with E-state index in [9.17, 15) is 9.59 Å². The first-order valence-corrected chi connectivity index (χ1v) is 11.6. The molecule has 1 heterocycles. The molecule has 5 nitrogen and oxygen atoms in total. The zero-order valence-corrected chi connectivity index (χ0v) is 19.5. The number of unbranched alkanes of at least 4 members (excludes halogenated alkanes) is 1. The molecule has 33 heavy (non-hydrogen) atoms. The molecule has 0 saturated carbocycles. The Morgan fingerprint density at radius 1 is 1.06 bits per heavy atom. The number of rotatable bonds is 7. The predicted molar refractivity (Wildman–Crippen MR) is 128 cm³/mol. The van der Waals surface area contributed by atoms with E-state index in [1.165, 1.54) is 7.11 Å². The topological polar surface area (TPSA) is 64.6 Å². The van der Waals surface area contributed by atoms with Crippen LogP contribution in [-0.2, 0) is 14.3 Å². The summed E-state index contributed by atoms with van der Waals surface area (Å²) < 4.78 is 11.2. The van der Waals surface area contributed by atoms with E-state index in [-0.39, 0.29) is 11.7 Å². The molecule has 2 aliphatic rings. The molecule has 4 rings (SSSR count). The lowest BCUT2D eigenvalue weighted by atomic mass is 9.71. The van der Waals surface area contributed by atoms with Gasteiger partial charge in [0, 0.05) is 29.0 Å². The monoisotopic (exact) mass is 445 g/mol. The Morgan fingerprint density at radius 3 is 2.52 bits per heavy atom. The lowest BCUT2D eigenvalue weighted by Gasteiger charge is -2.37. The lowest BCUT2D eigenvalue weighted by Crippen LogP contribution is -2.36. The van der Waals surface area contributed by atoms with Crippen molar-refractivity contribution < 1.29 is 19.1 Å². The molecule has 0 saturated heterocycles. The maximum atomic E-state index is 13.6. The second-order valence-corrected chi connectivity index (χ2v) is 8.66. The minimum absolute atomic E-state index is 0.0554. The fraction of sp³-hybridized carbons (Fsp3) is 0.357. The van der Waals surface area contributed by atoms with Gasteiger partial charge in [-0.3, -0.25) is 4.79 Å². The molecular weight excluding hydrogens is 414 g/mol. The number of benzene rings is 2. The molecule has 2 aromatic rings. The van der Waals surface area contributed by atoms with Gasteiger partial charge in [0.25, 0.3) is 0 Å². The van der Waals surface area contributed by atoms with Gasteiger partial charge in [0.15, 0.2) is 5.78 Å². The standard InChI is InChI=1S/C28H31NO4/c1-4-5-15-33-24-14-10-9-13-21(24)26-25(28(31)32-3)18(2)29-22-16-20(17-23(30)27(22)26)19-11-7-6-8-12-19/h6-14,20,26,29H,4-5,15-17H2,1-3H3/t20-,26+/m0/s1. The average Bonchev–Trinajstić information content (AvgIpc) is 2.83. The summed E-state index contributed by atoms with van der Waals surface area (Å²) in [5.74, 6) is -0.0838. The largest absolute Gasteiger partial charge is 0.493 e. The zero-order chi connectivity index (χ0) is 23.4.